The lowest BCUT2D eigenvalue weighted by Gasteiger charge is -2.46. The van der Waals surface area contributed by atoms with E-state index in [-0.39, 0.29) is 0 Å². The number of rotatable bonds is 18. The van der Waals surface area contributed by atoms with Crippen LogP contribution in [-0.4, -0.2) is 6.71 Å². The van der Waals surface area contributed by atoms with Gasteiger partial charge in [-0.25, -0.2) is 0 Å². The van der Waals surface area contributed by atoms with Gasteiger partial charge in [-0.05, 0) is 292 Å². The largest absolute Gasteiger partial charge is 0.310 e. The molecular formula is C130H93BN2. The molecule has 0 bridgehead atoms. The molecule has 0 spiro atoms. The normalized spacial score (nSPS) is 12.0. The van der Waals surface area contributed by atoms with E-state index in [9.17, 15) is 0 Å². The topological polar surface area (TPSA) is 6.48 Å². The number of fused-ring (bicyclic) bond motifs is 4. The lowest BCUT2D eigenvalue weighted by molar-refractivity contribution is 0.590. The molecule has 2 nitrogen and oxygen atoms in total. The first-order chi connectivity index (χ1) is 65.5. The van der Waals surface area contributed by atoms with Gasteiger partial charge in [0, 0.05) is 45.0 Å². The average Bonchev–Trinajstić information content (AvgIpc) is 0.683. The number of anilines is 6. The maximum Gasteiger partial charge on any atom is 0.252 e. The minimum absolute atomic E-state index is 0.412. The smallest absolute Gasteiger partial charge is 0.252 e. The summed E-state index contributed by atoms with van der Waals surface area (Å²) < 4.78 is 0. The maximum absolute atomic E-state index is 2.75. The number of nitrogens with zero attached hydrogens (tertiary/aromatic N) is 2. The van der Waals surface area contributed by atoms with Crippen LogP contribution in [-0.2, 0) is 5.41 Å². The van der Waals surface area contributed by atoms with E-state index in [1.54, 1.807) is 0 Å². The fraction of sp³-hybridized carbons (Fsp3) is 0.0308. The quantitative estimate of drug-likeness (QED) is 0.0790. The minimum Gasteiger partial charge on any atom is -0.310 e. The van der Waals surface area contributed by atoms with Crippen LogP contribution in [0.4, 0.5) is 34.1 Å². The standard InChI is InChI=1S/C130H93BN2/c1-130(2,3)116-86-125-127-126(87-116)133(129-119(106-64-36-60-100(72-106)90-42-18-6-19-43-90)82-115(97-56-32-13-33-57-97)83-120(129)107-65-37-61-101(73-107)91-44-20-7-21-45-91)124-69-67-103(113-78-110(94-50-26-10-27-51-94)75-111(79-113)95-52-28-11-29-53-95)85-122(124)131(127)121-84-102(112-76-108(92-46-22-8-23-47-92)74-109(77-112)93-48-24-9-25-49-93)66-68-123(121)132(125)128-117(104-62-34-58-98(70-104)88-38-14-4-15-39-88)80-114(96-54-30-12-31-55-96)81-118(128)105-63-35-59-99(71-105)89-40-16-5-17-41-89/h4-87H,1-3H3. The van der Waals surface area contributed by atoms with Crippen molar-refractivity contribution in [3.8, 4) is 178 Å². The minimum atomic E-state index is -0.430. The fourth-order valence-electron chi connectivity index (χ4n) is 20.3. The molecule has 0 N–H and O–H groups in total. The second-order valence-corrected chi connectivity index (χ2v) is 36.3. The molecule has 0 radical (unpaired) electrons. The first-order valence-corrected chi connectivity index (χ1v) is 46.3. The van der Waals surface area contributed by atoms with Crippen molar-refractivity contribution in [2.24, 2.45) is 0 Å². The van der Waals surface area contributed by atoms with Crippen LogP contribution in [0, 0.1) is 0 Å². The Morgan fingerprint density at radius 1 is 0.150 bits per heavy atom. The second-order valence-electron chi connectivity index (χ2n) is 36.3. The molecule has 21 aromatic rings. The van der Waals surface area contributed by atoms with Crippen molar-refractivity contribution in [2.45, 2.75) is 26.2 Å². The highest BCUT2D eigenvalue weighted by Crippen LogP contribution is 2.57. The molecule has 21 aromatic carbocycles. The third-order valence-electron chi connectivity index (χ3n) is 26.9. The van der Waals surface area contributed by atoms with Gasteiger partial charge in [0.25, 0.3) is 6.71 Å². The third kappa shape index (κ3) is 15.7. The Hall–Kier alpha value is -16.7. The molecule has 626 valence electrons. The van der Waals surface area contributed by atoms with Crippen LogP contribution in [0.2, 0.25) is 0 Å². The van der Waals surface area contributed by atoms with Crippen molar-refractivity contribution in [2.75, 3.05) is 9.80 Å². The van der Waals surface area contributed by atoms with Crippen molar-refractivity contribution >= 4 is 57.2 Å². The molecular weight excluding hydrogens is 1600 g/mol. The summed E-state index contributed by atoms with van der Waals surface area (Å²) in [5.74, 6) is 0. The van der Waals surface area contributed by atoms with Gasteiger partial charge < -0.3 is 9.80 Å². The Balaban J connectivity index is 0.901. The Kier molecular flexibility index (Phi) is 21.1. The van der Waals surface area contributed by atoms with Crippen molar-refractivity contribution in [3.05, 3.63) is 515 Å². The summed E-state index contributed by atoms with van der Waals surface area (Å²) in [6, 6.07) is 192. The Labute approximate surface area is 780 Å². The van der Waals surface area contributed by atoms with E-state index in [0.717, 1.165) is 212 Å². The highest BCUT2D eigenvalue weighted by molar-refractivity contribution is 7.00. The van der Waals surface area contributed by atoms with E-state index >= 15 is 0 Å². The van der Waals surface area contributed by atoms with Crippen LogP contribution in [0.3, 0.4) is 0 Å². The van der Waals surface area contributed by atoms with Gasteiger partial charge in [-0.1, -0.05) is 421 Å². The molecule has 3 heteroatoms. The van der Waals surface area contributed by atoms with E-state index < -0.39 is 12.1 Å². The molecule has 133 heavy (non-hydrogen) atoms. The molecule has 0 saturated heterocycles. The molecule has 0 aromatic heterocycles. The fourth-order valence-corrected chi connectivity index (χ4v) is 20.3. The summed E-state index contributed by atoms with van der Waals surface area (Å²) in [5, 5.41) is 0. The van der Waals surface area contributed by atoms with Crippen molar-refractivity contribution in [1.82, 2.24) is 0 Å². The lowest BCUT2D eigenvalue weighted by atomic mass is 9.33. The molecule has 0 unspecified atom stereocenters. The monoisotopic (exact) mass is 1690 g/mol. The molecule has 0 fully saturated rings. The average molecular weight is 1690 g/mol. The van der Waals surface area contributed by atoms with Crippen LogP contribution in [0.25, 0.3) is 178 Å². The van der Waals surface area contributed by atoms with E-state index in [4.69, 9.17) is 0 Å². The van der Waals surface area contributed by atoms with Crippen LogP contribution in [0.15, 0.2) is 510 Å². The first-order valence-electron chi connectivity index (χ1n) is 46.3. The number of benzene rings is 21. The third-order valence-corrected chi connectivity index (χ3v) is 26.9. The Bertz CT molecular complexity index is 7130. The van der Waals surface area contributed by atoms with Gasteiger partial charge in [-0.15, -0.1) is 0 Å². The zero-order valence-corrected chi connectivity index (χ0v) is 74.5. The predicted octanol–water partition coefficient (Wildman–Crippen LogP) is 33.7. The van der Waals surface area contributed by atoms with E-state index in [1.165, 1.54) is 22.0 Å². The molecule has 0 amide bonds. The summed E-state index contributed by atoms with van der Waals surface area (Å²) >= 11 is 0. The summed E-state index contributed by atoms with van der Waals surface area (Å²) in [5.41, 5.74) is 46.7. The molecule has 0 aliphatic carbocycles. The highest BCUT2D eigenvalue weighted by Gasteiger charge is 2.47. The van der Waals surface area contributed by atoms with Crippen LogP contribution < -0.4 is 26.2 Å². The van der Waals surface area contributed by atoms with E-state index in [1.807, 2.05) is 0 Å². The van der Waals surface area contributed by atoms with Gasteiger partial charge >= 0.3 is 0 Å². The van der Waals surface area contributed by atoms with Crippen LogP contribution in [0.1, 0.15) is 26.3 Å². The van der Waals surface area contributed by atoms with Gasteiger partial charge in [0.05, 0.1) is 11.4 Å². The molecule has 2 heterocycles. The molecule has 0 atom stereocenters. The molecule has 2 aliphatic heterocycles. The van der Waals surface area contributed by atoms with Crippen molar-refractivity contribution < 1.29 is 0 Å². The van der Waals surface area contributed by atoms with E-state index in [2.05, 4.69) is 540 Å². The zero-order chi connectivity index (χ0) is 88.9. The zero-order valence-electron chi connectivity index (χ0n) is 74.5. The number of hydrogen-bond donors (Lipinski definition) is 0. The van der Waals surface area contributed by atoms with Crippen molar-refractivity contribution in [1.29, 1.82) is 0 Å². The van der Waals surface area contributed by atoms with Gasteiger partial charge in [-0.2, -0.15) is 0 Å². The Morgan fingerprint density at radius 2 is 0.331 bits per heavy atom. The van der Waals surface area contributed by atoms with Crippen molar-refractivity contribution in [3.63, 3.8) is 0 Å². The van der Waals surface area contributed by atoms with Gasteiger partial charge in [-0.3, -0.25) is 0 Å². The summed E-state index contributed by atoms with van der Waals surface area (Å²) in [6.07, 6.45) is 0. The summed E-state index contributed by atoms with van der Waals surface area (Å²) in [4.78, 5) is 5.50. The highest BCUT2D eigenvalue weighted by atomic mass is 15.2. The molecule has 0 saturated carbocycles. The van der Waals surface area contributed by atoms with Crippen LogP contribution in [0.5, 0.6) is 0 Å². The SMILES string of the molecule is CC(C)(C)c1cc2c3c(c1)N(c1c(-c4cccc(-c5ccccc5)c4)cc(-c4ccccc4)cc1-c1cccc(-c4ccccc4)c1)c1ccc(-c4cc(-c5ccccc5)cc(-c5ccccc5)c4)cc1B3c1cc(-c3cc(-c4ccccc4)cc(-c4ccccc4)c3)ccc1N2c1c(-c2cccc(-c3ccccc3)c2)cc(-c2ccccc2)cc1-c1cccc(-c2ccccc2)c1. The number of hydrogen-bond acceptors (Lipinski definition) is 2. The van der Waals surface area contributed by atoms with Gasteiger partial charge in [0.1, 0.15) is 0 Å². The lowest BCUT2D eigenvalue weighted by Crippen LogP contribution is -2.61. The van der Waals surface area contributed by atoms with Crippen LogP contribution >= 0.6 is 0 Å². The summed E-state index contributed by atoms with van der Waals surface area (Å²) in [7, 11) is 0. The first kappa shape index (κ1) is 80.8. The Morgan fingerprint density at radius 3 is 0.556 bits per heavy atom. The second kappa shape index (κ2) is 34.7. The molecule has 23 rings (SSSR count). The predicted molar refractivity (Wildman–Crippen MR) is 566 cm³/mol. The van der Waals surface area contributed by atoms with E-state index in [0.29, 0.717) is 0 Å². The summed E-state index contributed by atoms with van der Waals surface area (Å²) in [6.45, 7) is 6.81. The maximum atomic E-state index is 2.75. The van der Waals surface area contributed by atoms with Gasteiger partial charge in [0.15, 0.2) is 0 Å². The molecule has 2 aliphatic rings. The van der Waals surface area contributed by atoms with Gasteiger partial charge in [0.2, 0.25) is 0 Å².